The van der Waals surface area contributed by atoms with Gasteiger partial charge >= 0.3 is 0 Å². The molecule has 0 saturated carbocycles. The molecule has 1 fully saturated rings. The van der Waals surface area contributed by atoms with Crippen molar-refractivity contribution >= 4 is 57.8 Å². The Labute approximate surface area is 181 Å². The molecule has 3 aromatic rings. The number of methoxy groups -OCH3 is 1. The summed E-state index contributed by atoms with van der Waals surface area (Å²) in [5.74, 6) is 2.35. The third kappa shape index (κ3) is 4.34. The second kappa shape index (κ2) is 8.37. The molecular weight excluding hydrogens is 431 g/mol. The number of carbonyl (C=O) groups excluding carboxylic acids is 1. The summed E-state index contributed by atoms with van der Waals surface area (Å²) in [5.41, 5.74) is 1.39. The Hall–Kier alpha value is -2.67. The Morgan fingerprint density at radius 2 is 1.90 bits per heavy atom. The molecule has 146 valence electrons. The zero-order valence-corrected chi connectivity index (χ0v) is 17.4. The summed E-state index contributed by atoms with van der Waals surface area (Å²) in [6, 6.07) is 16.2. The number of hydrogen-bond acceptors (Lipinski definition) is 5. The summed E-state index contributed by atoms with van der Waals surface area (Å²) < 4.78 is 11.0. The quantitative estimate of drug-likeness (QED) is 0.480. The molecule has 0 radical (unpaired) electrons. The lowest BCUT2D eigenvalue weighted by Gasteiger charge is -2.02. The van der Waals surface area contributed by atoms with E-state index in [1.807, 2.05) is 18.2 Å². The largest absolute Gasteiger partial charge is 0.497 e. The van der Waals surface area contributed by atoms with Crippen LogP contribution in [0.1, 0.15) is 5.76 Å². The van der Waals surface area contributed by atoms with Gasteiger partial charge in [0, 0.05) is 5.56 Å². The maximum atomic E-state index is 11.9. The van der Waals surface area contributed by atoms with Gasteiger partial charge in [0.1, 0.15) is 23.1 Å². The number of aliphatic imine (C=N–C) groups is 1. The Bertz CT molecular complexity index is 1140. The van der Waals surface area contributed by atoms with Crippen LogP contribution in [0.25, 0.3) is 17.4 Å². The molecule has 0 atom stereocenters. The summed E-state index contributed by atoms with van der Waals surface area (Å²) in [6.07, 6.45) is 1.76. The standard InChI is InChI=1S/C21H14Cl2N2O3S/c1-27-13-7-5-12(6-8-13)24-20-18(29-21(26)25-20)11-14-9-10-17(28-14)15-3-2-4-16(22)19(15)23/h2-11H,1H3,(H,24,25,26). The van der Waals surface area contributed by atoms with Gasteiger partial charge in [-0.3, -0.25) is 4.79 Å². The lowest BCUT2D eigenvalue weighted by molar-refractivity contribution is 0.265. The molecule has 5 nitrogen and oxygen atoms in total. The van der Waals surface area contributed by atoms with E-state index in [0.29, 0.717) is 43.6 Å². The Morgan fingerprint density at radius 1 is 1.10 bits per heavy atom. The number of amides is 1. The Balaban J connectivity index is 1.64. The van der Waals surface area contributed by atoms with Gasteiger partial charge in [-0.2, -0.15) is 0 Å². The third-order valence-electron chi connectivity index (χ3n) is 4.09. The topological polar surface area (TPSA) is 63.8 Å². The van der Waals surface area contributed by atoms with E-state index >= 15 is 0 Å². The van der Waals surface area contributed by atoms with Gasteiger partial charge < -0.3 is 14.5 Å². The van der Waals surface area contributed by atoms with E-state index in [-0.39, 0.29) is 5.24 Å². The molecule has 0 spiro atoms. The molecule has 1 saturated heterocycles. The number of carbonyl (C=O) groups is 1. The number of nitrogens with zero attached hydrogens (tertiary/aromatic N) is 1. The predicted molar refractivity (Wildman–Crippen MR) is 118 cm³/mol. The van der Waals surface area contributed by atoms with Crippen LogP contribution in [-0.4, -0.2) is 18.2 Å². The fraction of sp³-hybridized carbons (Fsp3) is 0.0476. The number of thioether (sulfide) groups is 1. The predicted octanol–water partition coefficient (Wildman–Crippen LogP) is 6.79. The van der Waals surface area contributed by atoms with Crippen LogP contribution in [0.5, 0.6) is 5.75 Å². The number of benzene rings is 2. The van der Waals surface area contributed by atoms with Gasteiger partial charge in [-0.1, -0.05) is 29.3 Å². The van der Waals surface area contributed by atoms with E-state index in [0.717, 1.165) is 17.5 Å². The van der Waals surface area contributed by atoms with Crippen LogP contribution in [0.3, 0.4) is 0 Å². The lowest BCUT2D eigenvalue weighted by atomic mass is 10.2. The van der Waals surface area contributed by atoms with Crippen molar-refractivity contribution in [2.24, 2.45) is 4.99 Å². The summed E-state index contributed by atoms with van der Waals surface area (Å²) >= 11 is 13.4. The Kier molecular flexibility index (Phi) is 5.67. The van der Waals surface area contributed by atoms with Crippen molar-refractivity contribution in [1.29, 1.82) is 0 Å². The van der Waals surface area contributed by atoms with Crippen LogP contribution in [-0.2, 0) is 0 Å². The molecule has 1 N–H and O–H groups in total. The van der Waals surface area contributed by atoms with Crippen LogP contribution in [0.15, 0.2) is 68.9 Å². The zero-order chi connectivity index (χ0) is 20.4. The van der Waals surface area contributed by atoms with Crippen molar-refractivity contribution in [2.45, 2.75) is 0 Å². The lowest BCUT2D eigenvalue weighted by Crippen LogP contribution is -2.18. The van der Waals surface area contributed by atoms with Crippen LogP contribution in [0.4, 0.5) is 10.5 Å². The van der Waals surface area contributed by atoms with Crippen LogP contribution >= 0.6 is 35.0 Å². The minimum absolute atomic E-state index is 0.201. The highest BCUT2D eigenvalue weighted by Gasteiger charge is 2.24. The van der Waals surface area contributed by atoms with E-state index in [4.69, 9.17) is 32.4 Å². The highest BCUT2D eigenvalue weighted by Crippen LogP contribution is 2.35. The summed E-state index contributed by atoms with van der Waals surface area (Å²) in [7, 11) is 1.60. The fourth-order valence-electron chi connectivity index (χ4n) is 2.70. The average Bonchev–Trinajstić information content (AvgIpc) is 3.31. The highest BCUT2D eigenvalue weighted by molar-refractivity contribution is 8.18. The van der Waals surface area contributed by atoms with E-state index in [9.17, 15) is 4.79 Å². The first-order valence-corrected chi connectivity index (χ1v) is 10.1. The van der Waals surface area contributed by atoms with Crippen LogP contribution < -0.4 is 10.1 Å². The van der Waals surface area contributed by atoms with Gasteiger partial charge in [-0.25, -0.2) is 4.99 Å². The van der Waals surface area contributed by atoms with E-state index in [1.165, 1.54) is 0 Å². The maximum Gasteiger partial charge on any atom is 0.289 e. The van der Waals surface area contributed by atoms with Gasteiger partial charge in [-0.05, 0) is 66.4 Å². The number of hydrogen-bond donors (Lipinski definition) is 1. The van der Waals surface area contributed by atoms with Crippen molar-refractivity contribution < 1.29 is 13.9 Å². The minimum atomic E-state index is -0.201. The SMILES string of the molecule is COc1ccc(N=C2NC(=O)SC2=Cc2ccc(-c3cccc(Cl)c3Cl)o2)cc1. The van der Waals surface area contributed by atoms with E-state index < -0.39 is 0 Å². The number of nitrogens with one attached hydrogen (secondary N) is 1. The van der Waals surface area contributed by atoms with E-state index in [2.05, 4.69) is 10.3 Å². The molecule has 0 aliphatic carbocycles. The van der Waals surface area contributed by atoms with Gasteiger partial charge in [0.05, 0.1) is 27.7 Å². The van der Waals surface area contributed by atoms with Crippen molar-refractivity contribution in [3.63, 3.8) is 0 Å². The Morgan fingerprint density at radius 3 is 2.66 bits per heavy atom. The molecule has 1 amide bonds. The molecule has 29 heavy (non-hydrogen) atoms. The first-order valence-electron chi connectivity index (χ1n) is 8.51. The molecule has 2 heterocycles. The van der Waals surface area contributed by atoms with Gasteiger partial charge in [-0.15, -0.1) is 0 Å². The maximum absolute atomic E-state index is 11.9. The first-order chi connectivity index (χ1) is 14.0. The number of ether oxygens (including phenoxy) is 1. The van der Waals surface area contributed by atoms with Crippen molar-refractivity contribution in [1.82, 2.24) is 5.32 Å². The average molecular weight is 445 g/mol. The smallest absolute Gasteiger partial charge is 0.289 e. The minimum Gasteiger partial charge on any atom is -0.497 e. The molecule has 0 unspecified atom stereocenters. The number of furan rings is 1. The molecular formula is C21H14Cl2N2O3S. The van der Waals surface area contributed by atoms with Crippen LogP contribution in [0, 0.1) is 0 Å². The fourth-order valence-corrected chi connectivity index (χ4v) is 3.81. The third-order valence-corrected chi connectivity index (χ3v) is 5.72. The zero-order valence-electron chi connectivity index (χ0n) is 15.1. The number of rotatable bonds is 4. The molecule has 1 aromatic heterocycles. The van der Waals surface area contributed by atoms with Gasteiger partial charge in [0.25, 0.3) is 5.24 Å². The summed E-state index contributed by atoms with van der Waals surface area (Å²) in [5, 5.41) is 3.43. The van der Waals surface area contributed by atoms with Crippen molar-refractivity contribution in [3.05, 3.63) is 75.3 Å². The molecule has 8 heteroatoms. The molecule has 0 bridgehead atoms. The molecule has 1 aliphatic rings. The highest BCUT2D eigenvalue weighted by atomic mass is 35.5. The normalized spacial score (nSPS) is 16.4. The first kappa shape index (κ1) is 19.6. The summed E-state index contributed by atoms with van der Waals surface area (Å²) in [4.78, 5) is 17.1. The molecule has 4 rings (SSSR count). The van der Waals surface area contributed by atoms with Crippen LogP contribution in [0.2, 0.25) is 10.0 Å². The summed E-state index contributed by atoms with van der Waals surface area (Å²) in [6.45, 7) is 0. The second-order valence-corrected chi connectivity index (χ2v) is 7.78. The van der Waals surface area contributed by atoms with Crippen molar-refractivity contribution in [3.8, 4) is 17.1 Å². The van der Waals surface area contributed by atoms with Crippen molar-refractivity contribution in [2.75, 3.05) is 7.11 Å². The monoisotopic (exact) mass is 444 g/mol. The van der Waals surface area contributed by atoms with Gasteiger partial charge in [0.15, 0.2) is 0 Å². The molecule has 2 aromatic carbocycles. The van der Waals surface area contributed by atoms with E-state index in [1.54, 1.807) is 49.6 Å². The molecule has 1 aliphatic heterocycles. The number of halogens is 2. The van der Waals surface area contributed by atoms with Gasteiger partial charge in [0.2, 0.25) is 0 Å². The second-order valence-electron chi connectivity index (χ2n) is 5.98. The number of amidine groups is 1.